The van der Waals surface area contributed by atoms with Gasteiger partial charge in [-0.3, -0.25) is 4.79 Å². The Morgan fingerprint density at radius 3 is 3.00 bits per heavy atom. The van der Waals surface area contributed by atoms with Gasteiger partial charge in [-0.2, -0.15) is 0 Å². The highest BCUT2D eigenvalue weighted by atomic mass is 16.1. The minimum absolute atomic E-state index is 0.481. The quantitative estimate of drug-likeness (QED) is 0.484. The van der Waals surface area contributed by atoms with Crippen LogP contribution in [-0.4, -0.2) is 5.78 Å². The molecule has 60 valence electrons. The second-order valence-electron chi connectivity index (χ2n) is 3.84. The summed E-state index contributed by atoms with van der Waals surface area (Å²) in [5, 5.41) is 0. The molecule has 0 heterocycles. The summed E-state index contributed by atoms with van der Waals surface area (Å²) >= 11 is 0. The van der Waals surface area contributed by atoms with Crippen LogP contribution < -0.4 is 0 Å². The smallest absolute Gasteiger partial charge is 0.133 e. The van der Waals surface area contributed by atoms with Crippen LogP contribution in [0.1, 0.15) is 32.6 Å². The van der Waals surface area contributed by atoms with Crippen LogP contribution in [0.5, 0.6) is 0 Å². The van der Waals surface area contributed by atoms with E-state index < -0.39 is 0 Å². The fourth-order valence-corrected chi connectivity index (χ4v) is 2.44. The van der Waals surface area contributed by atoms with Crippen molar-refractivity contribution in [1.82, 2.24) is 0 Å². The lowest BCUT2D eigenvalue weighted by Gasteiger charge is -2.23. The van der Waals surface area contributed by atoms with Gasteiger partial charge in [0.1, 0.15) is 5.78 Å². The van der Waals surface area contributed by atoms with Gasteiger partial charge in [-0.1, -0.05) is 11.6 Å². The number of carbonyl (C=O) groups excluding carboxylic acids is 1. The summed E-state index contributed by atoms with van der Waals surface area (Å²) in [6, 6.07) is 0. The van der Waals surface area contributed by atoms with Gasteiger partial charge in [0, 0.05) is 12.8 Å². The maximum absolute atomic E-state index is 11.1. The number of Topliss-reactive ketones (excluding diaryl/α,β-unsaturated/α-hetero) is 1. The lowest BCUT2D eigenvalue weighted by molar-refractivity contribution is -0.117. The van der Waals surface area contributed by atoms with Crippen molar-refractivity contribution in [2.45, 2.75) is 32.6 Å². The lowest BCUT2D eigenvalue weighted by atomic mass is 9.82. The highest BCUT2D eigenvalue weighted by molar-refractivity contribution is 5.81. The summed E-state index contributed by atoms with van der Waals surface area (Å²) < 4.78 is 0. The molecule has 2 aliphatic rings. The minimum Gasteiger partial charge on any atom is -0.300 e. The molecule has 0 aromatic heterocycles. The monoisotopic (exact) mass is 150 g/mol. The maximum atomic E-state index is 11.1. The number of carbonyl (C=O) groups is 1. The number of hydrogen-bond donors (Lipinski definition) is 0. The van der Waals surface area contributed by atoms with E-state index in [2.05, 4.69) is 13.0 Å². The summed E-state index contributed by atoms with van der Waals surface area (Å²) in [6.07, 6.45) is 6.43. The number of rotatable bonds is 0. The normalized spacial score (nSPS) is 36.8. The highest BCUT2D eigenvalue weighted by Gasteiger charge is 2.34. The van der Waals surface area contributed by atoms with Gasteiger partial charge in [0.2, 0.25) is 0 Å². The van der Waals surface area contributed by atoms with Crippen LogP contribution in [0.4, 0.5) is 0 Å². The first-order valence-electron chi connectivity index (χ1n) is 4.45. The summed E-state index contributed by atoms with van der Waals surface area (Å²) in [4.78, 5) is 11.1. The molecular formula is C10H14O. The van der Waals surface area contributed by atoms with Crippen molar-refractivity contribution in [3.05, 3.63) is 11.6 Å². The SMILES string of the molecule is CC1=CCC[C@@H]2CC(=O)C[C@H]12. The predicted molar refractivity (Wildman–Crippen MR) is 44.2 cm³/mol. The number of ketones is 1. The Balaban J connectivity index is 2.20. The first-order chi connectivity index (χ1) is 5.27. The third-order valence-corrected chi connectivity index (χ3v) is 3.10. The standard InChI is InChI=1S/C10H14O/c1-7-3-2-4-8-5-9(11)6-10(7)8/h3,8,10H,2,4-6H2,1H3/t8-,10-/m1/s1. The summed E-state index contributed by atoms with van der Waals surface area (Å²) in [6.45, 7) is 2.18. The van der Waals surface area contributed by atoms with Crippen LogP contribution in [0.3, 0.4) is 0 Å². The zero-order valence-corrected chi connectivity index (χ0v) is 6.97. The highest BCUT2D eigenvalue weighted by Crippen LogP contribution is 2.40. The zero-order chi connectivity index (χ0) is 7.84. The first-order valence-corrected chi connectivity index (χ1v) is 4.45. The number of allylic oxidation sites excluding steroid dienone is 2. The molecule has 2 rings (SSSR count). The van der Waals surface area contributed by atoms with Crippen LogP contribution >= 0.6 is 0 Å². The van der Waals surface area contributed by atoms with Gasteiger partial charge in [0.05, 0.1) is 0 Å². The topological polar surface area (TPSA) is 17.1 Å². The van der Waals surface area contributed by atoms with E-state index in [0.29, 0.717) is 17.6 Å². The van der Waals surface area contributed by atoms with Gasteiger partial charge in [-0.15, -0.1) is 0 Å². The predicted octanol–water partition coefficient (Wildman–Crippen LogP) is 2.32. The van der Waals surface area contributed by atoms with Crippen LogP contribution in [0.2, 0.25) is 0 Å². The van der Waals surface area contributed by atoms with Crippen molar-refractivity contribution in [1.29, 1.82) is 0 Å². The second kappa shape index (κ2) is 2.47. The Labute approximate surface area is 67.5 Å². The summed E-state index contributed by atoms with van der Waals surface area (Å²) in [7, 11) is 0. The molecule has 0 aliphatic heterocycles. The van der Waals surface area contributed by atoms with Crippen molar-refractivity contribution in [3.8, 4) is 0 Å². The molecule has 1 nitrogen and oxygen atoms in total. The molecule has 11 heavy (non-hydrogen) atoms. The molecule has 1 saturated carbocycles. The van der Waals surface area contributed by atoms with E-state index in [1.54, 1.807) is 0 Å². The Bertz CT molecular complexity index is 215. The van der Waals surface area contributed by atoms with Crippen molar-refractivity contribution >= 4 is 5.78 Å². The molecule has 0 bridgehead atoms. The molecule has 2 atom stereocenters. The maximum Gasteiger partial charge on any atom is 0.133 e. The molecule has 2 aliphatic carbocycles. The molecule has 0 aromatic rings. The van der Waals surface area contributed by atoms with E-state index in [4.69, 9.17) is 0 Å². The average Bonchev–Trinajstić information content (AvgIpc) is 2.31. The van der Waals surface area contributed by atoms with Gasteiger partial charge in [-0.05, 0) is 31.6 Å². The second-order valence-corrected chi connectivity index (χ2v) is 3.84. The van der Waals surface area contributed by atoms with Gasteiger partial charge in [-0.25, -0.2) is 0 Å². The van der Waals surface area contributed by atoms with Crippen molar-refractivity contribution in [2.24, 2.45) is 11.8 Å². The zero-order valence-electron chi connectivity index (χ0n) is 6.97. The molecule has 0 unspecified atom stereocenters. The minimum atomic E-state index is 0.481. The first kappa shape index (κ1) is 7.08. The van der Waals surface area contributed by atoms with Crippen molar-refractivity contribution in [2.75, 3.05) is 0 Å². The van der Waals surface area contributed by atoms with E-state index >= 15 is 0 Å². The molecule has 0 aromatic carbocycles. The lowest BCUT2D eigenvalue weighted by Crippen LogP contribution is -2.12. The Morgan fingerprint density at radius 1 is 1.45 bits per heavy atom. The van der Waals surface area contributed by atoms with E-state index in [9.17, 15) is 4.79 Å². The molecule has 1 heteroatoms. The van der Waals surface area contributed by atoms with Crippen LogP contribution in [0, 0.1) is 11.8 Å². The fourth-order valence-electron chi connectivity index (χ4n) is 2.44. The molecule has 1 fully saturated rings. The largest absolute Gasteiger partial charge is 0.300 e. The van der Waals surface area contributed by atoms with Gasteiger partial charge in [0.25, 0.3) is 0 Å². The van der Waals surface area contributed by atoms with Gasteiger partial charge in [0.15, 0.2) is 0 Å². The van der Waals surface area contributed by atoms with E-state index in [1.165, 1.54) is 18.4 Å². The Hall–Kier alpha value is -0.590. The Morgan fingerprint density at radius 2 is 2.27 bits per heavy atom. The van der Waals surface area contributed by atoms with Gasteiger partial charge >= 0.3 is 0 Å². The van der Waals surface area contributed by atoms with Crippen LogP contribution in [-0.2, 0) is 4.79 Å². The fraction of sp³-hybridized carbons (Fsp3) is 0.700. The third-order valence-electron chi connectivity index (χ3n) is 3.10. The van der Waals surface area contributed by atoms with E-state index in [0.717, 1.165) is 12.8 Å². The van der Waals surface area contributed by atoms with Crippen LogP contribution in [0.15, 0.2) is 11.6 Å². The number of fused-ring (bicyclic) bond motifs is 1. The third kappa shape index (κ3) is 1.13. The Kier molecular flexibility index (Phi) is 1.59. The molecule has 0 radical (unpaired) electrons. The number of hydrogen-bond acceptors (Lipinski definition) is 1. The average molecular weight is 150 g/mol. The summed E-state index contributed by atoms with van der Waals surface area (Å²) in [5.74, 6) is 1.80. The van der Waals surface area contributed by atoms with E-state index in [1.807, 2.05) is 0 Å². The summed E-state index contributed by atoms with van der Waals surface area (Å²) in [5.41, 5.74) is 1.46. The van der Waals surface area contributed by atoms with Crippen molar-refractivity contribution < 1.29 is 4.79 Å². The molecular weight excluding hydrogens is 136 g/mol. The molecule has 0 spiro atoms. The molecule has 0 amide bonds. The van der Waals surface area contributed by atoms with Crippen LogP contribution in [0.25, 0.3) is 0 Å². The van der Waals surface area contributed by atoms with Gasteiger partial charge < -0.3 is 0 Å². The van der Waals surface area contributed by atoms with Crippen molar-refractivity contribution in [3.63, 3.8) is 0 Å². The van der Waals surface area contributed by atoms with E-state index in [-0.39, 0.29) is 0 Å². The molecule has 0 saturated heterocycles. The molecule has 0 N–H and O–H groups in total.